The Kier molecular flexibility index (Phi) is 4.77. The second kappa shape index (κ2) is 5.63. The second-order valence-corrected chi connectivity index (χ2v) is 3.50. The minimum absolute atomic E-state index is 0.0829. The molecule has 0 spiro atoms. The number of aliphatic hydroxyl groups is 1. The second-order valence-electron chi connectivity index (χ2n) is 3.50. The van der Waals surface area contributed by atoms with Crippen LogP contribution in [0.5, 0.6) is 0 Å². The maximum Gasteiger partial charge on any atom is 0.175 e. The average Bonchev–Trinajstić information content (AvgIpc) is 2.57. The van der Waals surface area contributed by atoms with Gasteiger partial charge in [-0.25, -0.2) is 0 Å². The van der Waals surface area contributed by atoms with Gasteiger partial charge in [0.2, 0.25) is 0 Å². The quantitative estimate of drug-likeness (QED) is 0.645. The number of rotatable bonds is 5. The molecule has 84 valence electrons. The number of methoxy groups -OCH3 is 2. The van der Waals surface area contributed by atoms with Gasteiger partial charge in [0.05, 0.1) is 12.1 Å². The largest absolute Gasteiger partial charge is 0.392 e. The van der Waals surface area contributed by atoms with Gasteiger partial charge in [0, 0.05) is 27.2 Å². The van der Waals surface area contributed by atoms with Crippen molar-refractivity contribution in [2.75, 3.05) is 20.8 Å². The van der Waals surface area contributed by atoms with Crippen molar-refractivity contribution in [1.29, 1.82) is 0 Å². The van der Waals surface area contributed by atoms with Crippen LogP contribution < -0.4 is 5.32 Å². The van der Waals surface area contributed by atoms with Crippen molar-refractivity contribution in [2.24, 2.45) is 0 Å². The van der Waals surface area contributed by atoms with E-state index < -0.39 is 0 Å². The summed E-state index contributed by atoms with van der Waals surface area (Å²) in [6, 6.07) is 0.0829. The lowest BCUT2D eigenvalue weighted by Gasteiger charge is -2.18. The summed E-state index contributed by atoms with van der Waals surface area (Å²) in [5, 5.41) is 12.3. The number of nitrogens with one attached hydrogen (secondary N) is 1. The van der Waals surface area contributed by atoms with Gasteiger partial charge in [-0.15, -0.1) is 0 Å². The van der Waals surface area contributed by atoms with Crippen LogP contribution >= 0.6 is 0 Å². The van der Waals surface area contributed by atoms with Gasteiger partial charge in [-0.1, -0.05) is 0 Å². The Morgan fingerprint density at radius 2 is 2.21 bits per heavy atom. The zero-order valence-electron chi connectivity index (χ0n) is 8.90. The van der Waals surface area contributed by atoms with E-state index in [1.165, 1.54) is 0 Å². The number of ether oxygens (including phenoxy) is 3. The van der Waals surface area contributed by atoms with E-state index in [0.717, 1.165) is 6.42 Å². The standard InChI is InChI=1S/C9H19NO4/c1-6(11)5-10-7-4-8(12-2)14-9(7)13-3/h6-11H,4-5H2,1-3H3. The predicted octanol–water partition coefficient (Wildman–Crippen LogP) is -0.309. The highest BCUT2D eigenvalue weighted by Crippen LogP contribution is 2.21. The maximum absolute atomic E-state index is 9.12. The molecule has 1 saturated heterocycles. The van der Waals surface area contributed by atoms with Crippen LogP contribution in [0.3, 0.4) is 0 Å². The van der Waals surface area contributed by atoms with E-state index in [2.05, 4.69) is 5.32 Å². The molecule has 0 aromatic heterocycles. The molecule has 1 rings (SSSR count). The fourth-order valence-corrected chi connectivity index (χ4v) is 1.49. The molecule has 0 saturated carbocycles. The maximum atomic E-state index is 9.12. The molecule has 4 unspecified atom stereocenters. The van der Waals surface area contributed by atoms with Crippen molar-refractivity contribution in [2.45, 2.75) is 38.1 Å². The molecule has 14 heavy (non-hydrogen) atoms. The predicted molar refractivity (Wildman–Crippen MR) is 50.8 cm³/mol. The van der Waals surface area contributed by atoms with E-state index in [0.29, 0.717) is 6.54 Å². The summed E-state index contributed by atoms with van der Waals surface area (Å²) in [5.74, 6) is 0. The Morgan fingerprint density at radius 3 is 2.71 bits per heavy atom. The highest BCUT2D eigenvalue weighted by molar-refractivity contribution is 4.79. The molecule has 1 heterocycles. The smallest absolute Gasteiger partial charge is 0.175 e. The SMILES string of the molecule is COC1CC(NCC(C)O)C(OC)O1. The third kappa shape index (κ3) is 3.18. The summed E-state index contributed by atoms with van der Waals surface area (Å²) >= 11 is 0. The van der Waals surface area contributed by atoms with Crippen LogP contribution in [0.2, 0.25) is 0 Å². The van der Waals surface area contributed by atoms with Crippen LogP contribution in [-0.4, -0.2) is 50.6 Å². The third-order valence-electron chi connectivity index (χ3n) is 2.23. The van der Waals surface area contributed by atoms with Gasteiger partial charge in [0.15, 0.2) is 12.6 Å². The lowest BCUT2D eigenvalue weighted by atomic mass is 10.2. The summed E-state index contributed by atoms with van der Waals surface area (Å²) in [4.78, 5) is 0. The van der Waals surface area contributed by atoms with E-state index in [-0.39, 0.29) is 24.7 Å². The molecule has 0 aliphatic carbocycles. The van der Waals surface area contributed by atoms with E-state index >= 15 is 0 Å². The minimum Gasteiger partial charge on any atom is -0.392 e. The van der Waals surface area contributed by atoms with Crippen molar-refractivity contribution in [1.82, 2.24) is 5.32 Å². The summed E-state index contributed by atoms with van der Waals surface area (Å²) in [6.45, 7) is 2.27. The van der Waals surface area contributed by atoms with Crippen LogP contribution in [0.4, 0.5) is 0 Å². The minimum atomic E-state index is -0.367. The Morgan fingerprint density at radius 1 is 1.50 bits per heavy atom. The Balaban J connectivity index is 2.34. The topological polar surface area (TPSA) is 60.0 Å². The van der Waals surface area contributed by atoms with Gasteiger partial charge in [-0.2, -0.15) is 0 Å². The highest BCUT2D eigenvalue weighted by atomic mass is 16.8. The monoisotopic (exact) mass is 205 g/mol. The Hall–Kier alpha value is -0.200. The normalized spacial score (nSPS) is 34.7. The van der Waals surface area contributed by atoms with E-state index in [9.17, 15) is 0 Å². The Labute approximate surface area is 84.3 Å². The molecule has 0 bridgehead atoms. The summed E-state index contributed by atoms with van der Waals surface area (Å²) in [6.07, 6.45) is -0.138. The van der Waals surface area contributed by atoms with Gasteiger partial charge in [-0.3, -0.25) is 0 Å². The zero-order chi connectivity index (χ0) is 10.6. The van der Waals surface area contributed by atoms with Crippen LogP contribution in [0.25, 0.3) is 0 Å². The first-order valence-corrected chi connectivity index (χ1v) is 4.80. The fourth-order valence-electron chi connectivity index (χ4n) is 1.49. The van der Waals surface area contributed by atoms with E-state index in [4.69, 9.17) is 19.3 Å². The van der Waals surface area contributed by atoms with Gasteiger partial charge in [0.25, 0.3) is 0 Å². The molecular formula is C9H19NO4. The van der Waals surface area contributed by atoms with E-state index in [1.54, 1.807) is 21.1 Å². The number of hydrogen-bond donors (Lipinski definition) is 2. The first-order valence-electron chi connectivity index (χ1n) is 4.80. The van der Waals surface area contributed by atoms with Crippen molar-refractivity contribution in [3.05, 3.63) is 0 Å². The molecule has 0 aromatic rings. The first-order chi connectivity index (χ1) is 6.67. The number of hydrogen-bond acceptors (Lipinski definition) is 5. The van der Waals surface area contributed by atoms with Crippen LogP contribution in [0.1, 0.15) is 13.3 Å². The average molecular weight is 205 g/mol. The molecule has 2 N–H and O–H groups in total. The molecule has 1 aliphatic rings. The van der Waals surface area contributed by atoms with Crippen molar-refractivity contribution < 1.29 is 19.3 Å². The summed E-state index contributed by atoms with van der Waals surface area (Å²) < 4.78 is 15.6. The van der Waals surface area contributed by atoms with Crippen molar-refractivity contribution in [3.63, 3.8) is 0 Å². The van der Waals surface area contributed by atoms with Crippen molar-refractivity contribution >= 4 is 0 Å². The summed E-state index contributed by atoms with van der Waals surface area (Å²) in [7, 11) is 3.20. The third-order valence-corrected chi connectivity index (χ3v) is 2.23. The van der Waals surface area contributed by atoms with Crippen molar-refractivity contribution in [3.8, 4) is 0 Å². The molecular weight excluding hydrogens is 186 g/mol. The summed E-state index contributed by atoms with van der Waals surface area (Å²) in [5.41, 5.74) is 0. The molecule has 4 atom stereocenters. The van der Waals surface area contributed by atoms with Crippen LogP contribution in [-0.2, 0) is 14.2 Å². The fraction of sp³-hybridized carbons (Fsp3) is 1.00. The van der Waals surface area contributed by atoms with Crippen LogP contribution in [0, 0.1) is 0 Å². The molecule has 0 radical (unpaired) electrons. The molecule has 1 fully saturated rings. The molecule has 0 aromatic carbocycles. The van der Waals surface area contributed by atoms with Gasteiger partial charge < -0.3 is 24.6 Å². The number of aliphatic hydroxyl groups excluding tert-OH is 1. The molecule has 1 aliphatic heterocycles. The molecule has 0 amide bonds. The molecule has 5 nitrogen and oxygen atoms in total. The zero-order valence-corrected chi connectivity index (χ0v) is 8.90. The lowest BCUT2D eigenvalue weighted by Crippen LogP contribution is -2.40. The lowest BCUT2D eigenvalue weighted by molar-refractivity contribution is -0.189. The van der Waals surface area contributed by atoms with Gasteiger partial charge >= 0.3 is 0 Å². The molecule has 5 heteroatoms. The first kappa shape index (κ1) is 11.9. The highest BCUT2D eigenvalue weighted by Gasteiger charge is 2.35. The Bertz CT molecular complexity index is 165. The van der Waals surface area contributed by atoms with Gasteiger partial charge in [-0.05, 0) is 6.92 Å². The van der Waals surface area contributed by atoms with E-state index in [1.807, 2.05) is 0 Å². The van der Waals surface area contributed by atoms with Gasteiger partial charge in [0.1, 0.15) is 0 Å². The van der Waals surface area contributed by atoms with Crippen LogP contribution in [0.15, 0.2) is 0 Å².